The number of benzene rings is 12. The predicted molar refractivity (Wildman–Crippen MR) is 543 cm³/mol. The third-order valence-corrected chi connectivity index (χ3v) is 39.1. The monoisotopic (exact) mass is 1890 g/mol. The molecule has 0 amide bonds. The maximum Gasteiger partial charge on any atom is 0.344 e. The van der Waals surface area contributed by atoms with E-state index in [0.29, 0.717) is 52.8 Å². The average molecular weight is 1890 g/mol. The molecule has 16 heteroatoms. The molecule has 0 unspecified atom stereocenters. The topological polar surface area (TPSA) is 142 Å². The lowest BCUT2D eigenvalue weighted by molar-refractivity contribution is -0.205. The van der Waals surface area contributed by atoms with E-state index in [-0.39, 0.29) is 111 Å². The van der Waals surface area contributed by atoms with E-state index in [1.165, 1.54) is 155 Å². The van der Waals surface area contributed by atoms with Gasteiger partial charge in [0.05, 0.1) is 43.6 Å². The summed E-state index contributed by atoms with van der Waals surface area (Å²) in [6.45, 7) is 18.2. The van der Waals surface area contributed by atoms with E-state index in [4.69, 9.17) is 37.9 Å². The first kappa shape index (κ1) is 95.4. The van der Waals surface area contributed by atoms with Crippen molar-refractivity contribution in [3.8, 4) is 23.0 Å². The van der Waals surface area contributed by atoms with Crippen molar-refractivity contribution in [3.05, 3.63) is 338 Å². The molecule has 0 atom stereocenters. The molecule has 0 aliphatic heterocycles. The van der Waals surface area contributed by atoms with E-state index in [2.05, 4.69) is 321 Å². The highest BCUT2D eigenvalue weighted by Gasteiger charge is 2.60. The van der Waals surface area contributed by atoms with Gasteiger partial charge < -0.3 is 37.9 Å². The lowest BCUT2D eigenvalue weighted by Gasteiger charge is -2.59. The molecule has 0 saturated heterocycles. The Morgan fingerprint density at radius 2 is 0.485 bits per heavy atom. The first-order valence-electron chi connectivity index (χ1n) is 49.1. The minimum absolute atomic E-state index is 0.0357. The molecule has 24 rings (SSSR count). The van der Waals surface area contributed by atoms with Crippen molar-refractivity contribution in [2.75, 3.05) is 26.4 Å². The number of esters is 4. The van der Waals surface area contributed by atoms with Crippen LogP contribution in [0.25, 0.3) is 0 Å². The zero-order chi connectivity index (χ0) is 94.1. The highest BCUT2D eigenvalue weighted by Crippen LogP contribution is 2.63. The number of carbonyl (C=O) groups excluding carboxylic acids is 4. The van der Waals surface area contributed by atoms with Crippen LogP contribution in [0.5, 0.6) is 23.0 Å². The van der Waals surface area contributed by atoms with E-state index < -0.39 is 5.60 Å². The van der Waals surface area contributed by atoms with Crippen LogP contribution >= 0.6 is 0 Å². The molecule has 12 saturated carbocycles. The summed E-state index contributed by atoms with van der Waals surface area (Å²) >= 11 is 0. The van der Waals surface area contributed by atoms with Crippen molar-refractivity contribution in [2.24, 2.45) is 71.0 Å². The van der Waals surface area contributed by atoms with Crippen LogP contribution in [-0.2, 0) is 81.7 Å². The van der Waals surface area contributed by atoms with Crippen LogP contribution in [0.4, 0.5) is 0 Å². The van der Waals surface area contributed by atoms with Gasteiger partial charge in [-0.1, -0.05) is 146 Å². The highest BCUT2D eigenvalue weighted by molar-refractivity contribution is 7.98. The molecule has 0 aromatic heterocycles. The van der Waals surface area contributed by atoms with Gasteiger partial charge in [-0.3, -0.25) is 0 Å². The maximum absolute atomic E-state index is 13.0. The van der Waals surface area contributed by atoms with Crippen LogP contribution in [0, 0.1) is 91.8 Å². The minimum Gasteiger partial charge on any atom is -0.482 e. The molecule has 12 aliphatic rings. The Labute approximate surface area is 816 Å². The SMILES string of the molecule is CC(C)(C)OC(=O)COc1ccc([S+](c2ccccc2)c2ccccc2)cc1.CC1(OC(=O)COc2ccc([S+](c3ccccc3)c3ccccc3)cc2)C2CC3CC(C2)CC1C3.Cc1cc(OCC(=O)OC2(C)C3CC4CC(C3)CC2C4)ccc1[S+](c1ccccc1)c1ccccc1.Cc1cc([S+](c2ccccc2)c2ccccc2)cc(C)c1OCC(=O)OC1(C)C2CC3CC(C2)CC1C3. The van der Waals surface area contributed by atoms with E-state index >= 15 is 0 Å². The molecule has 12 fully saturated rings. The Kier molecular flexibility index (Phi) is 29.9. The van der Waals surface area contributed by atoms with Gasteiger partial charge in [-0.15, -0.1) is 0 Å². The fourth-order valence-electron chi connectivity index (χ4n) is 24.2. The fraction of sp³-hybridized carbons (Fsp3) is 0.367. The average Bonchev–Trinajstić information content (AvgIpc) is 0.738. The van der Waals surface area contributed by atoms with E-state index in [9.17, 15) is 19.2 Å². The third kappa shape index (κ3) is 22.4. The summed E-state index contributed by atoms with van der Waals surface area (Å²) < 4.78 is 47.4. The van der Waals surface area contributed by atoms with Crippen molar-refractivity contribution in [2.45, 2.75) is 240 Å². The third-order valence-electron chi connectivity index (χ3n) is 30.1. The highest BCUT2D eigenvalue weighted by atomic mass is 32.2. The summed E-state index contributed by atoms with van der Waals surface area (Å²) in [6, 6.07) is 112. The van der Waals surface area contributed by atoms with Gasteiger partial charge in [0.1, 0.15) is 45.4 Å². The van der Waals surface area contributed by atoms with Gasteiger partial charge in [0, 0.05) is 17.7 Å². The Balaban J connectivity index is 0.000000121. The van der Waals surface area contributed by atoms with Gasteiger partial charge >= 0.3 is 23.9 Å². The first-order chi connectivity index (χ1) is 65.9. The van der Waals surface area contributed by atoms with Crippen LogP contribution in [0.15, 0.2) is 380 Å². The lowest BCUT2D eigenvalue weighted by Crippen LogP contribution is -2.58. The summed E-state index contributed by atoms with van der Waals surface area (Å²) in [5, 5.41) is 0. The molecular weight excluding hydrogens is 1760 g/mol. The number of hydrogen-bond acceptors (Lipinski definition) is 12. The van der Waals surface area contributed by atoms with E-state index in [1.54, 1.807) is 0 Å². The molecule has 136 heavy (non-hydrogen) atoms. The largest absolute Gasteiger partial charge is 0.482 e. The standard InChI is InChI=1S/C33H37O3S.C32H35O3S.C31H33O3S.C24H25O3S/c1-22-14-30(37(28-10-6-4-7-11-28)29-12-8-5-9-13-29)15-23(2)32(22)35-21-31(34)36-33(3)26-17-24-16-25(19-26)20-27(33)18-24;1-22-15-27(13-14-30(22)36(28-9-5-3-6-10-28)29-11-7-4-8-12-29)34-21-31(33)35-32(2)25-17-23-16-24(19-25)20-26(32)18-23;1-31(24-17-22-16-23(19-24)20-25(31)18-22)34-30(32)21-33-26-12-14-29(15-13-26)35(27-8-4-2-5-9-27)28-10-6-3-7-11-28;1-24(2,3)27-23(25)18-26-19-14-16-22(17-15-19)28(20-10-6-4-7-11-20)21-12-8-5-9-13-21/h4-15,24-27H,16-21H2,1-3H3;3-15,23-26H,16-21H2,1-2H3;2-15,22-25H,16-21H2,1H3;4-17H,18H2,1-3H3/q4*+1. The van der Waals surface area contributed by atoms with Crippen molar-refractivity contribution in [1.82, 2.24) is 0 Å². The maximum atomic E-state index is 13.0. The van der Waals surface area contributed by atoms with E-state index in [1.807, 2.05) is 63.2 Å². The molecular formula is C120H130O12S4+4. The molecule has 0 N–H and O–H groups in total. The second-order valence-corrected chi connectivity index (χ2v) is 48.7. The quantitative estimate of drug-likeness (QED) is 0.0275. The van der Waals surface area contributed by atoms with Gasteiger partial charge in [0.15, 0.2) is 85.2 Å². The fourth-order valence-corrected chi connectivity index (χ4v) is 32.9. The molecule has 0 spiro atoms. The number of hydrogen-bond donors (Lipinski definition) is 0. The molecule has 702 valence electrons. The number of rotatable bonds is 27. The van der Waals surface area contributed by atoms with Crippen molar-refractivity contribution >= 4 is 67.5 Å². The van der Waals surface area contributed by atoms with Gasteiger partial charge in [-0.05, 0) is 405 Å². The van der Waals surface area contributed by atoms with Crippen LogP contribution in [0.1, 0.15) is 155 Å². The normalized spacial score (nSPS) is 24.8. The van der Waals surface area contributed by atoms with Crippen LogP contribution in [0.3, 0.4) is 0 Å². The molecule has 12 aromatic carbocycles. The van der Waals surface area contributed by atoms with Crippen LogP contribution in [-0.4, -0.2) is 72.7 Å². The molecule has 12 nitrogen and oxygen atoms in total. The molecule has 0 radical (unpaired) electrons. The minimum atomic E-state index is -0.510. The van der Waals surface area contributed by atoms with Gasteiger partial charge in [-0.2, -0.15) is 0 Å². The zero-order valence-corrected chi connectivity index (χ0v) is 83.3. The first-order valence-corrected chi connectivity index (χ1v) is 54.0. The van der Waals surface area contributed by atoms with Crippen molar-refractivity contribution in [3.63, 3.8) is 0 Å². The summed E-state index contributed by atoms with van der Waals surface area (Å²) in [6.07, 6.45) is 18.9. The van der Waals surface area contributed by atoms with E-state index in [0.717, 1.165) is 57.9 Å². The second kappa shape index (κ2) is 42.6. The van der Waals surface area contributed by atoms with Crippen LogP contribution < -0.4 is 18.9 Å². The van der Waals surface area contributed by atoms with Gasteiger partial charge in [0.25, 0.3) is 0 Å². The summed E-state index contributed by atoms with van der Waals surface area (Å²) in [7, 11) is -0.815. The summed E-state index contributed by atoms with van der Waals surface area (Å²) in [4.78, 5) is 65.7. The summed E-state index contributed by atoms with van der Waals surface area (Å²) in [5.41, 5.74) is 1.81. The number of aryl methyl sites for hydroxylation is 3. The Hall–Kier alpha value is -10.9. The number of ether oxygens (including phenoxy) is 8. The molecule has 12 aromatic rings. The Morgan fingerprint density at radius 3 is 0.750 bits per heavy atom. The summed E-state index contributed by atoms with van der Waals surface area (Å²) in [5.74, 6) is 10.0. The van der Waals surface area contributed by atoms with Crippen molar-refractivity contribution in [1.29, 1.82) is 0 Å². The van der Waals surface area contributed by atoms with Crippen LogP contribution in [0.2, 0.25) is 0 Å². The van der Waals surface area contributed by atoms with Gasteiger partial charge in [0.2, 0.25) is 0 Å². The smallest absolute Gasteiger partial charge is 0.344 e. The molecule has 12 bridgehead atoms. The second-order valence-electron chi connectivity index (χ2n) is 40.6. The van der Waals surface area contributed by atoms with Gasteiger partial charge in [-0.25, -0.2) is 19.2 Å². The molecule has 12 aliphatic carbocycles. The Morgan fingerprint density at radius 1 is 0.257 bits per heavy atom. The predicted octanol–water partition coefficient (Wildman–Crippen LogP) is 27.2. The Bertz CT molecular complexity index is 5740. The zero-order valence-electron chi connectivity index (χ0n) is 80.0. The molecule has 0 heterocycles. The lowest BCUT2D eigenvalue weighted by atomic mass is 9.50. The van der Waals surface area contributed by atoms with Crippen molar-refractivity contribution < 1.29 is 57.1 Å². The number of carbonyl (C=O) groups is 4.